The van der Waals surface area contributed by atoms with Gasteiger partial charge in [-0.2, -0.15) is 0 Å². The van der Waals surface area contributed by atoms with Crippen LogP contribution in [0.5, 0.6) is 0 Å². The summed E-state index contributed by atoms with van der Waals surface area (Å²) in [4.78, 5) is 8.30. The Balaban J connectivity index is 1.82. The molecule has 0 aliphatic rings. The van der Waals surface area contributed by atoms with Gasteiger partial charge in [-0.1, -0.05) is 36.0 Å². The third-order valence-corrected chi connectivity index (χ3v) is 5.02. The van der Waals surface area contributed by atoms with E-state index in [1.54, 1.807) is 7.05 Å². The van der Waals surface area contributed by atoms with Crippen LogP contribution in [0, 0.1) is 0 Å². The van der Waals surface area contributed by atoms with Gasteiger partial charge in [-0.05, 0) is 61.4 Å². The lowest BCUT2D eigenvalue weighted by Gasteiger charge is -2.24. The quantitative estimate of drug-likeness (QED) is 0.119. The highest BCUT2D eigenvalue weighted by molar-refractivity contribution is 6.30. The minimum Gasteiger partial charge on any atom is -0.370 e. The molecule has 2 aromatic carbocycles. The average Bonchev–Trinajstić information content (AvgIpc) is 2.78. The van der Waals surface area contributed by atoms with Crippen LogP contribution in [-0.4, -0.2) is 38.3 Å². The van der Waals surface area contributed by atoms with Gasteiger partial charge >= 0.3 is 0 Å². The first-order chi connectivity index (χ1) is 15.5. The van der Waals surface area contributed by atoms with Crippen LogP contribution in [0.25, 0.3) is 0 Å². The van der Waals surface area contributed by atoms with E-state index in [0.29, 0.717) is 28.5 Å². The van der Waals surface area contributed by atoms with E-state index in [-0.39, 0.29) is 0 Å². The predicted molar refractivity (Wildman–Crippen MR) is 138 cm³/mol. The molecule has 8 nitrogen and oxygen atoms in total. The summed E-state index contributed by atoms with van der Waals surface area (Å²) in [5, 5.41) is 14.2. The van der Waals surface area contributed by atoms with Gasteiger partial charge in [0.1, 0.15) is 0 Å². The maximum atomic E-state index is 6.12. The topological polar surface area (TPSA) is 125 Å². The molecule has 0 unspecified atom stereocenters. The summed E-state index contributed by atoms with van der Waals surface area (Å²) in [7, 11) is 1.67. The van der Waals surface area contributed by atoms with E-state index in [9.17, 15) is 0 Å². The summed E-state index contributed by atoms with van der Waals surface area (Å²) < 4.78 is 0. The molecular formula is C22H32Cl2N8. The number of hydrogen-bond donors (Lipinski definition) is 6. The molecule has 8 N–H and O–H groups in total. The van der Waals surface area contributed by atoms with E-state index in [1.165, 1.54) is 0 Å². The van der Waals surface area contributed by atoms with Gasteiger partial charge in [-0.3, -0.25) is 9.98 Å². The Morgan fingerprint density at radius 2 is 1.34 bits per heavy atom. The number of guanidine groups is 2. The van der Waals surface area contributed by atoms with Crippen LogP contribution in [0.4, 0.5) is 11.4 Å². The van der Waals surface area contributed by atoms with E-state index in [4.69, 9.17) is 34.7 Å². The van der Waals surface area contributed by atoms with Gasteiger partial charge in [0.05, 0.1) is 0 Å². The molecule has 0 fully saturated rings. The summed E-state index contributed by atoms with van der Waals surface area (Å²) in [6, 6.07) is 14.8. The van der Waals surface area contributed by atoms with Crippen LogP contribution in [0.2, 0.25) is 10.0 Å². The first-order valence-electron chi connectivity index (χ1n) is 10.5. The van der Waals surface area contributed by atoms with Crippen molar-refractivity contribution in [2.24, 2.45) is 21.5 Å². The molecule has 0 amide bonds. The van der Waals surface area contributed by atoms with Gasteiger partial charge < -0.3 is 32.7 Å². The molecule has 2 rings (SSSR count). The van der Waals surface area contributed by atoms with Crippen LogP contribution < -0.4 is 32.7 Å². The Kier molecular flexibility index (Phi) is 11.3. The van der Waals surface area contributed by atoms with Gasteiger partial charge in [0.2, 0.25) is 0 Å². The van der Waals surface area contributed by atoms with Crippen molar-refractivity contribution in [2.45, 2.75) is 32.0 Å². The second kappa shape index (κ2) is 14.3. The standard InChI is InChI=1S/C22H32Cl2N8/c1-27-20(25)28-14-4-2-3-5-15-29-21(26)32-22(30-18-10-6-16(23)7-11-18)31-19-12-8-17(24)9-13-19/h6-13,22,30-31H,2-5,14-15H2,1H3,(H3,25,27,28)(H3,26,29,32). The smallest absolute Gasteiger partial charge is 0.191 e. The predicted octanol–water partition coefficient (Wildman–Crippen LogP) is 3.80. The first-order valence-corrected chi connectivity index (χ1v) is 11.3. The summed E-state index contributed by atoms with van der Waals surface area (Å²) in [6.45, 7) is 1.48. The van der Waals surface area contributed by atoms with Crippen molar-refractivity contribution in [3.63, 3.8) is 0 Å². The number of nitrogens with one attached hydrogen (secondary N) is 4. The van der Waals surface area contributed by atoms with Crippen molar-refractivity contribution in [3.05, 3.63) is 58.6 Å². The van der Waals surface area contributed by atoms with Crippen LogP contribution in [0.15, 0.2) is 58.5 Å². The number of anilines is 2. The second-order valence-corrected chi connectivity index (χ2v) is 7.97. The fourth-order valence-electron chi connectivity index (χ4n) is 2.81. The zero-order valence-corrected chi connectivity index (χ0v) is 19.8. The van der Waals surface area contributed by atoms with E-state index in [0.717, 1.165) is 43.6 Å². The number of rotatable bonds is 12. The van der Waals surface area contributed by atoms with E-state index in [1.807, 2.05) is 48.5 Å². The lowest BCUT2D eigenvalue weighted by molar-refractivity contribution is 0.634. The number of aliphatic imine (C=N–C) groups is 2. The molecule has 0 spiro atoms. The molecule has 10 heteroatoms. The number of unbranched alkanes of at least 4 members (excludes halogenated alkanes) is 3. The van der Waals surface area contributed by atoms with Crippen molar-refractivity contribution in [2.75, 3.05) is 30.8 Å². The molecule has 0 radical (unpaired) electrons. The monoisotopic (exact) mass is 478 g/mol. The Labute approximate surface area is 199 Å². The molecule has 0 atom stereocenters. The highest BCUT2D eigenvalue weighted by Gasteiger charge is 2.09. The van der Waals surface area contributed by atoms with Crippen LogP contribution in [-0.2, 0) is 0 Å². The minimum absolute atomic E-state index is 0.353. The van der Waals surface area contributed by atoms with Crippen molar-refractivity contribution >= 4 is 46.5 Å². The van der Waals surface area contributed by atoms with E-state index < -0.39 is 6.29 Å². The normalized spacial score (nSPS) is 12.0. The van der Waals surface area contributed by atoms with Gasteiger partial charge in [0.25, 0.3) is 0 Å². The summed E-state index contributed by atoms with van der Waals surface area (Å²) in [6.07, 6.45) is 3.76. The first kappa shape index (κ1) is 25.4. The van der Waals surface area contributed by atoms with Gasteiger partial charge in [-0.15, -0.1) is 0 Å². The summed E-state index contributed by atoms with van der Waals surface area (Å²) in [5.41, 5.74) is 13.5. The molecule has 2 aromatic rings. The second-order valence-electron chi connectivity index (χ2n) is 7.10. The third kappa shape index (κ3) is 10.5. The summed E-state index contributed by atoms with van der Waals surface area (Å²) >= 11 is 12.0. The SMILES string of the molecule is CN=C(N)NCCCCCCN=C(N)NC(Nc1ccc(Cl)cc1)Nc1ccc(Cl)cc1. The molecule has 0 bridgehead atoms. The van der Waals surface area contributed by atoms with Crippen molar-refractivity contribution in [1.29, 1.82) is 0 Å². The van der Waals surface area contributed by atoms with Crippen LogP contribution in [0.1, 0.15) is 25.7 Å². The third-order valence-electron chi connectivity index (χ3n) is 4.52. The molecule has 174 valence electrons. The van der Waals surface area contributed by atoms with E-state index in [2.05, 4.69) is 31.3 Å². The Morgan fingerprint density at radius 1 is 0.812 bits per heavy atom. The zero-order valence-electron chi connectivity index (χ0n) is 18.2. The molecule has 0 aliphatic heterocycles. The highest BCUT2D eigenvalue weighted by atomic mass is 35.5. The number of nitrogens with two attached hydrogens (primary N) is 2. The van der Waals surface area contributed by atoms with Crippen molar-refractivity contribution in [1.82, 2.24) is 10.6 Å². The summed E-state index contributed by atoms with van der Waals surface area (Å²) in [5.74, 6) is 0.828. The van der Waals surface area contributed by atoms with Crippen molar-refractivity contribution < 1.29 is 0 Å². The molecule has 0 heterocycles. The minimum atomic E-state index is -0.391. The maximum Gasteiger partial charge on any atom is 0.191 e. The molecular weight excluding hydrogens is 447 g/mol. The number of nitrogens with zero attached hydrogens (tertiary/aromatic N) is 2. The Bertz CT molecular complexity index is 806. The van der Waals surface area contributed by atoms with Crippen LogP contribution >= 0.6 is 23.2 Å². The lowest BCUT2D eigenvalue weighted by Crippen LogP contribution is -2.49. The molecule has 32 heavy (non-hydrogen) atoms. The number of benzene rings is 2. The van der Waals surface area contributed by atoms with Crippen molar-refractivity contribution in [3.8, 4) is 0 Å². The molecule has 0 saturated heterocycles. The fraction of sp³-hybridized carbons (Fsp3) is 0.364. The largest absolute Gasteiger partial charge is 0.370 e. The fourth-order valence-corrected chi connectivity index (χ4v) is 3.06. The average molecular weight is 479 g/mol. The van der Waals surface area contributed by atoms with Crippen LogP contribution in [0.3, 0.4) is 0 Å². The number of halogens is 2. The maximum absolute atomic E-state index is 6.12. The van der Waals surface area contributed by atoms with Gasteiger partial charge in [0, 0.05) is 41.6 Å². The highest BCUT2D eigenvalue weighted by Crippen LogP contribution is 2.16. The number of hydrogen-bond acceptors (Lipinski definition) is 4. The Morgan fingerprint density at radius 3 is 1.88 bits per heavy atom. The Hall–Kier alpha value is -2.84. The molecule has 0 saturated carbocycles. The van der Waals surface area contributed by atoms with Gasteiger partial charge in [0.15, 0.2) is 18.2 Å². The zero-order chi connectivity index (χ0) is 23.2. The molecule has 0 aliphatic carbocycles. The molecule has 0 aromatic heterocycles. The van der Waals surface area contributed by atoms with Gasteiger partial charge in [-0.25, -0.2) is 0 Å². The van der Waals surface area contributed by atoms with E-state index >= 15 is 0 Å². The lowest BCUT2D eigenvalue weighted by atomic mass is 10.2.